The average molecular weight is 395 g/mol. The van der Waals surface area contributed by atoms with Gasteiger partial charge < -0.3 is 5.32 Å². The zero-order valence-corrected chi connectivity index (χ0v) is 16.5. The molecule has 1 aliphatic carbocycles. The predicted molar refractivity (Wildman–Crippen MR) is 100.0 cm³/mol. The van der Waals surface area contributed by atoms with Gasteiger partial charge in [0.2, 0.25) is 15.9 Å². The number of carbonyl (C=O) groups excluding carboxylic acids is 1. The summed E-state index contributed by atoms with van der Waals surface area (Å²) >= 11 is 0. The van der Waals surface area contributed by atoms with Gasteiger partial charge in [-0.15, -0.1) is 0 Å². The van der Waals surface area contributed by atoms with Crippen LogP contribution in [-0.4, -0.2) is 36.8 Å². The van der Waals surface area contributed by atoms with Crippen molar-refractivity contribution in [2.24, 2.45) is 5.41 Å². The molecule has 27 heavy (non-hydrogen) atoms. The van der Waals surface area contributed by atoms with Gasteiger partial charge in [0.15, 0.2) is 0 Å². The molecule has 4 rings (SSSR count). The molecule has 0 spiro atoms. The molecule has 3 atom stereocenters. The minimum absolute atomic E-state index is 0.0159. The van der Waals surface area contributed by atoms with E-state index in [-0.39, 0.29) is 22.9 Å². The van der Waals surface area contributed by atoms with Gasteiger partial charge >= 0.3 is 0 Å². The maximum atomic E-state index is 14.2. The monoisotopic (exact) mass is 394 g/mol. The van der Waals surface area contributed by atoms with E-state index in [9.17, 15) is 17.6 Å². The minimum atomic E-state index is -3.97. The molecule has 2 saturated heterocycles. The Hall–Kier alpha value is -1.47. The molecule has 1 amide bonds. The largest absolute Gasteiger partial charge is 0.353 e. The molecule has 0 aromatic heterocycles. The molecular formula is C20H27FN2O3S. The lowest BCUT2D eigenvalue weighted by molar-refractivity contribution is -0.133. The highest BCUT2D eigenvalue weighted by Gasteiger charge is 2.62. The minimum Gasteiger partial charge on any atom is -0.353 e. The molecular weight excluding hydrogens is 367 g/mol. The third kappa shape index (κ3) is 2.90. The van der Waals surface area contributed by atoms with Crippen LogP contribution in [-0.2, 0) is 14.8 Å². The molecule has 3 aliphatic rings. The Labute approximate surface area is 160 Å². The molecule has 1 N–H and O–H groups in total. The number of amides is 1. The Kier molecular flexibility index (Phi) is 4.79. The van der Waals surface area contributed by atoms with E-state index in [1.807, 2.05) is 6.92 Å². The van der Waals surface area contributed by atoms with E-state index in [0.717, 1.165) is 32.1 Å². The Morgan fingerprint density at radius 2 is 1.93 bits per heavy atom. The van der Waals surface area contributed by atoms with Gasteiger partial charge in [-0.3, -0.25) is 4.79 Å². The second-order valence-electron chi connectivity index (χ2n) is 8.18. The molecule has 1 aromatic carbocycles. The lowest BCUT2D eigenvalue weighted by atomic mass is 9.71. The topological polar surface area (TPSA) is 66.5 Å². The summed E-state index contributed by atoms with van der Waals surface area (Å²) in [4.78, 5) is 12.9. The van der Waals surface area contributed by atoms with Crippen LogP contribution in [0.2, 0.25) is 0 Å². The molecule has 2 aliphatic heterocycles. The fraction of sp³-hybridized carbons (Fsp3) is 0.650. The fourth-order valence-corrected chi connectivity index (χ4v) is 7.45. The highest BCUT2D eigenvalue weighted by Crippen LogP contribution is 2.54. The van der Waals surface area contributed by atoms with Crippen molar-refractivity contribution in [1.82, 2.24) is 9.62 Å². The lowest BCUT2D eigenvalue weighted by Gasteiger charge is -2.36. The number of carbonyl (C=O) groups is 1. The van der Waals surface area contributed by atoms with Crippen LogP contribution in [0.25, 0.3) is 0 Å². The summed E-state index contributed by atoms with van der Waals surface area (Å²) in [6.07, 6.45) is 6.76. The second-order valence-corrected chi connectivity index (χ2v) is 9.99. The van der Waals surface area contributed by atoms with E-state index < -0.39 is 27.3 Å². The van der Waals surface area contributed by atoms with Crippen molar-refractivity contribution in [2.75, 3.05) is 0 Å². The number of fused-ring (bicyclic) bond motifs is 2. The summed E-state index contributed by atoms with van der Waals surface area (Å²) in [5.74, 6) is -0.751. The quantitative estimate of drug-likeness (QED) is 0.834. The van der Waals surface area contributed by atoms with Gasteiger partial charge in [0.1, 0.15) is 10.7 Å². The molecule has 0 unspecified atom stereocenters. The van der Waals surface area contributed by atoms with Crippen molar-refractivity contribution in [1.29, 1.82) is 0 Å². The van der Waals surface area contributed by atoms with E-state index in [2.05, 4.69) is 5.32 Å². The normalized spacial score (nSPS) is 31.5. The van der Waals surface area contributed by atoms with Gasteiger partial charge in [0.25, 0.3) is 0 Å². The first kappa shape index (κ1) is 18.9. The number of rotatable bonds is 5. The third-order valence-electron chi connectivity index (χ3n) is 6.84. The van der Waals surface area contributed by atoms with Crippen molar-refractivity contribution in [3.05, 3.63) is 30.1 Å². The van der Waals surface area contributed by atoms with E-state index in [1.165, 1.54) is 28.6 Å². The standard InChI is InChI=1S/C20H27FN2O3S/c1-2-20(19(24)22-14-7-3-4-8-14)13-15-11-12-18(20)23(15)27(25,26)17-10-6-5-9-16(17)21/h5-6,9-10,14-15,18H,2-4,7-8,11-13H2,1H3,(H,22,24)/t15-,18+,20+/m1/s1. The van der Waals surface area contributed by atoms with Crippen LogP contribution in [0.5, 0.6) is 0 Å². The van der Waals surface area contributed by atoms with E-state index in [0.29, 0.717) is 19.3 Å². The van der Waals surface area contributed by atoms with Crippen molar-refractivity contribution in [3.8, 4) is 0 Å². The highest BCUT2D eigenvalue weighted by atomic mass is 32.2. The van der Waals surface area contributed by atoms with Crippen LogP contribution in [0.3, 0.4) is 0 Å². The number of nitrogens with zero attached hydrogens (tertiary/aromatic N) is 1. The van der Waals surface area contributed by atoms with Gasteiger partial charge in [-0.1, -0.05) is 31.9 Å². The Balaban J connectivity index is 1.65. The zero-order valence-electron chi connectivity index (χ0n) is 15.7. The van der Waals surface area contributed by atoms with E-state index in [1.54, 1.807) is 0 Å². The Bertz CT molecular complexity index is 837. The second kappa shape index (κ2) is 6.85. The first-order chi connectivity index (χ1) is 12.9. The summed E-state index contributed by atoms with van der Waals surface area (Å²) in [6, 6.07) is 5.09. The van der Waals surface area contributed by atoms with Crippen LogP contribution in [0, 0.1) is 11.2 Å². The Morgan fingerprint density at radius 1 is 1.22 bits per heavy atom. The predicted octanol–water partition coefficient (Wildman–Crippen LogP) is 3.21. The summed E-state index contributed by atoms with van der Waals surface area (Å²) in [7, 11) is -3.97. The summed E-state index contributed by atoms with van der Waals surface area (Å²) in [5, 5.41) is 3.19. The lowest BCUT2D eigenvalue weighted by Crippen LogP contribution is -2.51. The van der Waals surface area contributed by atoms with E-state index >= 15 is 0 Å². The average Bonchev–Trinajstić information content (AvgIpc) is 3.37. The van der Waals surface area contributed by atoms with Crippen LogP contribution in [0.4, 0.5) is 4.39 Å². The van der Waals surface area contributed by atoms with E-state index in [4.69, 9.17) is 0 Å². The first-order valence-corrected chi connectivity index (χ1v) is 11.4. The maximum Gasteiger partial charge on any atom is 0.246 e. The molecule has 5 nitrogen and oxygen atoms in total. The maximum absolute atomic E-state index is 14.2. The van der Waals surface area contributed by atoms with Gasteiger partial charge in [0, 0.05) is 18.1 Å². The summed E-state index contributed by atoms with van der Waals surface area (Å²) < 4.78 is 42.2. The number of hydrogen-bond acceptors (Lipinski definition) is 3. The Morgan fingerprint density at radius 3 is 2.59 bits per heavy atom. The molecule has 0 radical (unpaired) electrons. The van der Waals surface area contributed by atoms with Gasteiger partial charge in [0.05, 0.1) is 5.41 Å². The number of nitrogens with one attached hydrogen (secondary N) is 1. The summed E-state index contributed by atoms with van der Waals surface area (Å²) in [6.45, 7) is 1.96. The van der Waals surface area contributed by atoms with Crippen molar-refractivity contribution in [3.63, 3.8) is 0 Å². The van der Waals surface area contributed by atoms with Crippen LogP contribution >= 0.6 is 0 Å². The van der Waals surface area contributed by atoms with Crippen LogP contribution in [0.15, 0.2) is 29.2 Å². The molecule has 1 aromatic rings. The fourth-order valence-electron chi connectivity index (χ4n) is 5.44. The molecule has 2 heterocycles. The highest BCUT2D eigenvalue weighted by molar-refractivity contribution is 7.89. The summed E-state index contributed by atoms with van der Waals surface area (Å²) in [5.41, 5.74) is -0.705. The van der Waals surface area contributed by atoms with Crippen LogP contribution in [0.1, 0.15) is 58.3 Å². The smallest absolute Gasteiger partial charge is 0.246 e. The van der Waals surface area contributed by atoms with Crippen molar-refractivity contribution < 1.29 is 17.6 Å². The van der Waals surface area contributed by atoms with Crippen molar-refractivity contribution in [2.45, 2.75) is 81.3 Å². The number of benzene rings is 1. The van der Waals surface area contributed by atoms with Crippen LogP contribution < -0.4 is 5.32 Å². The zero-order chi connectivity index (χ0) is 19.2. The molecule has 2 bridgehead atoms. The third-order valence-corrected chi connectivity index (χ3v) is 8.84. The molecule has 1 saturated carbocycles. The molecule has 3 fully saturated rings. The SMILES string of the molecule is CC[C@]1(C(=O)NC2CCCC2)C[C@H]2CC[C@@H]1N2S(=O)(=O)c1ccccc1F. The number of hydrogen-bond donors (Lipinski definition) is 1. The number of sulfonamides is 1. The molecule has 148 valence electrons. The van der Waals surface area contributed by atoms with Gasteiger partial charge in [-0.25, -0.2) is 12.8 Å². The molecule has 7 heteroatoms. The van der Waals surface area contributed by atoms with Crippen molar-refractivity contribution >= 4 is 15.9 Å². The van der Waals surface area contributed by atoms with Gasteiger partial charge in [-0.05, 0) is 50.7 Å². The first-order valence-electron chi connectivity index (χ1n) is 9.99. The van der Waals surface area contributed by atoms with Gasteiger partial charge in [-0.2, -0.15) is 4.31 Å². The number of halogens is 1.